The summed E-state index contributed by atoms with van der Waals surface area (Å²) in [6, 6.07) is 12.7. The molecule has 2 aliphatic heterocycles. The molecule has 0 aliphatic carbocycles. The van der Waals surface area contributed by atoms with Crippen molar-refractivity contribution in [2.75, 3.05) is 30.0 Å². The van der Waals surface area contributed by atoms with E-state index in [2.05, 4.69) is 24.5 Å². The number of urea groups is 1. The minimum absolute atomic E-state index is 0.0340. The summed E-state index contributed by atoms with van der Waals surface area (Å²) in [5.41, 5.74) is 2.68. The van der Waals surface area contributed by atoms with Crippen molar-refractivity contribution >= 4 is 23.3 Å². The molecular weight excluding hydrogens is 370 g/mol. The highest BCUT2D eigenvalue weighted by atomic mass is 16.6. The van der Waals surface area contributed by atoms with Gasteiger partial charge >= 0.3 is 6.03 Å². The van der Waals surface area contributed by atoms with Crippen molar-refractivity contribution in [2.24, 2.45) is 0 Å². The Morgan fingerprint density at radius 3 is 2.52 bits per heavy atom. The molecule has 1 fully saturated rings. The van der Waals surface area contributed by atoms with Crippen LogP contribution >= 0.6 is 0 Å². The van der Waals surface area contributed by atoms with Gasteiger partial charge in [-0.3, -0.25) is 4.79 Å². The highest BCUT2D eigenvalue weighted by molar-refractivity contribution is 5.98. The van der Waals surface area contributed by atoms with Crippen LogP contribution < -0.4 is 25.0 Å². The summed E-state index contributed by atoms with van der Waals surface area (Å²) < 4.78 is 11.1. The van der Waals surface area contributed by atoms with Gasteiger partial charge in [0.05, 0.1) is 6.04 Å². The maximum atomic E-state index is 12.5. The number of fused-ring (bicyclic) bond motifs is 1. The SMILES string of the molecule is CC(C)c1ccc(NC(=O)N[C@@H]2CC(=O)N(c3ccc4c(c3)OCCO4)C2)cc1. The molecule has 2 aliphatic rings. The predicted molar refractivity (Wildman–Crippen MR) is 111 cm³/mol. The smallest absolute Gasteiger partial charge is 0.319 e. The molecule has 7 heteroatoms. The summed E-state index contributed by atoms with van der Waals surface area (Å²) in [4.78, 5) is 26.5. The number of carbonyl (C=O) groups excluding carboxylic acids is 2. The van der Waals surface area contributed by atoms with Crippen LogP contribution in [0.15, 0.2) is 42.5 Å². The molecule has 1 saturated heterocycles. The first kappa shape index (κ1) is 19.1. The summed E-state index contributed by atoms with van der Waals surface area (Å²) in [5, 5.41) is 5.72. The van der Waals surface area contributed by atoms with E-state index in [1.54, 1.807) is 4.90 Å². The van der Waals surface area contributed by atoms with Gasteiger partial charge in [0, 0.05) is 30.4 Å². The number of nitrogens with zero attached hydrogens (tertiary/aromatic N) is 1. The first-order valence-electron chi connectivity index (χ1n) is 9.87. The molecule has 4 rings (SSSR count). The number of nitrogens with one attached hydrogen (secondary N) is 2. The van der Waals surface area contributed by atoms with E-state index in [1.165, 1.54) is 5.56 Å². The summed E-state index contributed by atoms with van der Waals surface area (Å²) in [7, 11) is 0. The van der Waals surface area contributed by atoms with E-state index in [1.807, 2.05) is 42.5 Å². The molecule has 0 aromatic heterocycles. The van der Waals surface area contributed by atoms with E-state index in [9.17, 15) is 9.59 Å². The van der Waals surface area contributed by atoms with Crippen LogP contribution in [0.1, 0.15) is 31.7 Å². The molecule has 0 radical (unpaired) electrons. The Labute approximate surface area is 170 Å². The minimum atomic E-state index is -0.316. The molecule has 1 atom stereocenters. The lowest BCUT2D eigenvalue weighted by molar-refractivity contribution is -0.117. The Bertz CT molecular complexity index is 911. The maximum Gasteiger partial charge on any atom is 0.319 e. The number of hydrogen-bond acceptors (Lipinski definition) is 4. The normalized spacial score (nSPS) is 18.1. The van der Waals surface area contributed by atoms with Crippen LogP contribution in [0, 0.1) is 0 Å². The van der Waals surface area contributed by atoms with E-state index in [0.29, 0.717) is 37.2 Å². The predicted octanol–water partition coefficient (Wildman–Crippen LogP) is 3.51. The van der Waals surface area contributed by atoms with Crippen LogP contribution in [0.5, 0.6) is 11.5 Å². The fourth-order valence-electron chi connectivity index (χ4n) is 3.56. The molecule has 2 aromatic carbocycles. The monoisotopic (exact) mass is 395 g/mol. The quantitative estimate of drug-likeness (QED) is 0.830. The molecule has 0 unspecified atom stereocenters. The Kier molecular flexibility index (Phi) is 5.29. The Balaban J connectivity index is 1.36. The van der Waals surface area contributed by atoms with Crippen LogP contribution in [0.4, 0.5) is 16.2 Å². The molecule has 29 heavy (non-hydrogen) atoms. The topological polar surface area (TPSA) is 79.9 Å². The lowest BCUT2D eigenvalue weighted by Gasteiger charge is -2.22. The van der Waals surface area contributed by atoms with Crippen LogP contribution in [0.25, 0.3) is 0 Å². The zero-order valence-corrected chi connectivity index (χ0v) is 16.6. The Morgan fingerprint density at radius 2 is 1.79 bits per heavy atom. The molecule has 7 nitrogen and oxygen atoms in total. The lowest BCUT2D eigenvalue weighted by atomic mass is 10.0. The van der Waals surface area contributed by atoms with Crippen molar-refractivity contribution in [1.29, 1.82) is 0 Å². The van der Waals surface area contributed by atoms with E-state index >= 15 is 0 Å². The van der Waals surface area contributed by atoms with Crippen molar-refractivity contribution < 1.29 is 19.1 Å². The second kappa shape index (κ2) is 8.03. The van der Waals surface area contributed by atoms with Crippen molar-refractivity contribution in [3.8, 4) is 11.5 Å². The first-order chi connectivity index (χ1) is 14.0. The van der Waals surface area contributed by atoms with Gasteiger partial charge in [0.15, 0.2) is 11.5 Å². The molecule has 2 N–H and O–H groups in total. The van der Waals surface area contributed by atoms with Gasteiger partial charge in [0.25, 0.3) is 0 Å². The third-order valence-electron chi connectivity index (χ3n) is 5.13. The molecule has 0 spiro atoms. The van der Waals surface area contributed by atoms with Crippen molar-refractivity contribution in [2.45, 2.75) is 32.2 Å². The number of hydrogen-bond donors (Lipinski definition) is 2. The fourth-order valence-corrected chi connectivity index (χ4v) is 3.56. The van der Waals surface area contributed by atoms with Gasteiger partial charge in [-0.15, -0.1) is 0 Å². The van der Waals surface area contributed by atoms with Gasteiger partial charge in [-0.05, 0) is 35.7 Å². The van der Waals surface area contributed by atoms with Crippen LogP contribution in [0.3, 0.4) is 0 Å². The van der Waals surface area contributed by atoms with Gasteiger partial charge in [-0.1, -0.05) is 26.0 Å². The maximum absolute atomic E-state index is 12.5. The average molecular weight is 395 g/mol. The molecule has 0 bridgehead atoms. The zero-order valence-electron chi connectivity index (χ0n) is 16.6. The van der Waals surface area contributed by atoms with Crippen LogP contribution in [-0.4, -0.2) is 37.7 Å². The van der Waals surface area contributed by atoms with Gasteiger partial charge in [-0.2, -0.15) is 0 Å². The van der Waals surface area contributed by atoms with E-state index in [4.69, 9.17) is 9.47 Å². The zero-order chi connectivity index (χ0) is 20.4. The third-order valence-corrected chi connectivity index (χ3v) is 5.13. The third kappa shape index (κ3) is 4.29. The molecule has 2 heterocycles. The van der Waals surface area contributed by atoms with Crippen molar-refractivity contribution in [3.63, 3.8) is 0 Å². The van der Waals surface area contributed by atoms with Crippen molar-refractivity contribution in [1.82, 2.24) is 5.32 Å². The largest absolute Gasteiger partial charge is 0.486 e. The molecule has 152 valence electrons. The molecule has 3 amide bonds. The summed E-state index contributed by atoms with van der Waals surface area (Å²) >= 11 is 0. The molecule has 0 saturated carbocycles. The highest BCUT2D eigenvalue weighted by Crippen LogP contribution is 2.35. The first-order valence-corrected chi connectivity index (χ1v) is 9.87. The summed E-state index contributed by atoms with van der Waals surface area (Å²) in [6.45, 7) is 5.68. The fraction of sp³-hybridized carbons (Fsp3) is 0.364. The van der Waals surface area contributed by atoms with Gasteiger partial charge < -0.3 is 25.0 Å². The number of amides is 3. The highest BCUT2D eigenvalue weighted by Gasteiger charge is 2.32. The second-order valence-electron chi connectivity index (χ2n) is 7.61. The van der Waals surface area contributed by atoms with Gasteiger partial charge in [0.2, 0.25) is 5.91 Å². The summed E-state index contributed by atoms with van der Waals surface area (Å²) in [6.07, 6.45) is 0.258. The van der Waals surface area contributed by atoms with E-state index in [-0.39, 0.29) is 24.4 Å². The van der Waals surface area contributed by atoms with E-state index < -0.39 is 0 Å². The molecule has 2 aromatic rings. The number of anilines is 2. The second-order valence-corrected chi connectivity index (χ2v) is 7.61. The number of benzene rings is 2. The van der Waals surface area contributed by atoms with Crippen LogP contribution in [-0.2, 0) is 4.79 Å². The summed E-state index contributed by atoms with van der Waals surface area (Å²) in [5.74, 6) is 1.73. The Hall–Kier alpha value is -3.22. The van der Waals surface area contributed by atoms with Gasteiger partial charge in [0.1, 0.15) is 13.2 Å². The average Bonchev–Trinajstić information content (AvgIpc) is 3.07. The van der Waals surface area contributed by atoms with Crippen molar-refractivity contribution in [3.05, 3.63) is 48.0 Å². The van der Waals surface area contributed by atoms with Gasteiger partial charge in [-0.25, -0.2) is 4.79 Å². The standard InChI is InChI=1S/C22H25N3O4/c1-14(2)15-3-5-16(6-4-15)23-22(27)24-17-11-21(26)25(13-17)18-7-8-19-20(12-18)29-10-9-28-19/h3-8,12,14,17H,9-11,13H2,1-2H3,(H2,23,24,27)/t17-/m1/s1. The lowest BCUT2D eigenvalue weighted by Crippen LogP contribution is -2.39. The number of ether oxygens (including phenoxy) is 2. The van der Waals surface area contributed by atoms with E-state index in [0.717, 1.165) is 11.4 Å². The number of carbonyl (C=O) groups is 2. The van der Waals surface area contributed by atoms with Crippen LogP contribution in [0.2, 0.25) is 0 Å². The number of rotatable bonds is 4. The molecular formula is C22H25N3O4. The minimum Gasteiger partial charge on any atom is -0.486 e. The Morgan fingerprint density at radius 1 is 1.07 bits per heavy atom.